The molecule has 7 nitrogen and oxygen atoms in total. The minimum Gasteiger partial charge on any atom is -0.352 e. The van der Waals surface area contributed by atoms with Crippen LogP contribution in [0, 0.1) is 5.82 Å². The smallest absolute Gasteiger partial charge is 0.264 e. The molecule has 0 heterocycles. The van der Waals surface area contributed by atoms with E-state index in [1.807, 2.05) is 13.8 Å². The van der Waals surface area contributed by atoms with Gasteiger partial charge in [-0.25, -0.2) is 12.8 Å². The number of hydrogen-bond donors (Lipinski definition) is 1. The number of nitrogens with zero attached hydrogens (tertiary/aromatic N) is 2. The molecular weight excluding hydrogens is 564 g/mol. The van der Waals surface area contributed by atoms with Crippen molar-refractivity contribution >= 4 is 50.7 Å². The average molecular weight is 595 g/mol. The number of amides is 2. The number of rotatable bonds is 11. The number of hydrogen-bond acceptors (Lipinski definition) is 4. The van der Waals surface area contributed by atoms with Gasteiger partial charge >= 0.3 is 0 Å². The lowest BCUT2D eigenvalue weighted by molar-refractivity contribution is -0.139. The van der Waals surface area contributed by atoms with E-state index in [0.717, 1.165) is 4.31 Å². The van der Waals surface area contributed by atoms with E-state index in [4.69, 9.17) is 23.2 Å². The molecular formula is C28H30Cl2FN3O4S. The van der Waals surface area contributed by atoms with E-state index in [2.05, 4.69) is 5.32 Å². The molecule has 2 atom stereocenters. The first kappa shape index (κ1) is 30.4. The van der Waals surface area contributed by atoms with Gasteiger partial charge in [0.1, 0.15) is 18.4 Å². The molecule has 0 saturated carbocycles. The summed E-state index contributed by atoms with van der Waals surface area (Å²) in [5.41, 5.74) is 0.331. The van der Waals surface area contributed by atoms with Crippen molar-refractivity contribution in [2.75, 3.05) is 10.8 Å². The van der Waals surface area contributed by atoms with E-state index in [9.17, 15) is 22.4 Å². The fourth-order valence-electron chi connectivity index (χ4n) is 3.75. The zero-order chi connectivity index (χ0) is 28.7. The third-order valence-corrected chi connectivity index (χ3v) is 8.52. The largest absolute Gasteiger partial charge is 0.352 e. The second-order valence-electron chi connectivity index (χ2n) is 9.05. The van der Waals surface area contributed by atoms with Crippen molar-refractivity contribution in [1.29, 1.82) is 0 Å². The summed E-state index contributed by atoms with van der Waals surface area (Å²) in [5.74, 6) is -1.70. The Hall–Kier alpha value is -3.14. The summed E-state index contributed by atoms with van der Waals surface area (Å²) in [4.78, 5) is 27.9. The summed E-state index contributed by atoms with van der Waals surface area (Å²) < 4.78 is 43.0. The summed E-state index contributed by atoms with van der Waals surface area (Å²) in [7, 11) is -4.27. The topological polar surface area (TPSA) is 86.8 Å². The third kappa shape index (κ3) is 7.71. The Morgan fingerprint density at radius 1 is 0.949 bits per heavy atom. The summed E-state index contributed by atoms with van der Waals surface area (Å²) in [6.45, 7) is 4.34. The maximum Gasteiger partial charge on any atom is 0.264 e. The normalized spacial score (nSPS) is 12.9. The minimum absolute atomic E-state index is 0.0945. The van der Waals surface area contributed by atoms with E-state index < -0.39 is 40.2 Å². The molecule has 0 aliphatic heterocycles. The maximum absolute atomic E-state index is 14.6. The highest BCUT2D eigenvalue weighted by Crippen LogP contribution is 2.27. The van der Waals surface area contributed by atoms with Crippen LogP contribution in [0.1, 0.15) is 32.8 Å². The number of carbonyl (C=O) groups is 2. The monoisotopic (exact) mass is 593 g/mol. The van der Waals surface area contributed by atoms with Crippen LogP contribution < -0.4 is 9.62 Å². The molecule has 1 N–H and O–H groups in total. The Kier molecular flexibility index (Phi) is 10.4. The van der Waals surface area contributed by atoms with Crippen molar-refractivity contribution in [3.05, 3.63) is 94.2 Å². The Morgan fingerprint density at radius 2 is 1.62 bits per heavy atom. The zero-order valence-corrected chi connectivity index (χ0v) is 24.1. The second-order valence-corrected chi connectivity index (χ2v) is 11.8. The Balaban J connectivity index is 2.04. The summed E-state index contributed by atoms with van der Waals surface area (Å²) in [6, 6.07) is 16.3. The number of benzene rings is 3. The molecule has 3 rings (SSSR count). The molecule has 11 heteroatoms. The highest BCUT2D eigenvalue weighted by molar-refractivity contribution is 7.92. The van der Waals surface area contributed by atoms with Crippen molar-refractivity contribution < 1.29 is 22.4 Å². The number of halogens is 3. The van der Waals surface area contributed by atoms with Gasteiger partial charge in [-0.1, -0.05) is 54.4 Å². The van der Waals surface area contributed by atoms with Crippen LogP contribution in [0.2, 0.25) is 10.0 Å². The van der Waals surface area contributed by atoms with Gasteiger partial charge < -0.3 is 10.2 Å². The maximum atomic E-state index is 14.6. The first-order chi connectivity index (χ1) is 18.4. The van der Waals surface area contributed by atoms with Crippen LogP contribution in [0.5, 0.6) is 0 Å². The van der Waals surface area contributed by atoms with Gasteiger partial charge in [0.15, 0.2) is 0 Å². The standard InChI is InChI=1S/C28H30Cl2FN3O4S/c1-4-19(2)32-28(36)20(3)33(17-21-8-5-6-11-26(21)31)27(35)18-34(24-10-7-9-23(30)16-24)39(37,38)25-14-12-22(29)13-15-25/h5-16,19-20H,4,17-18H2,1-3H3,(H,32,36)/t19-,20-/m1/s1. The van der Waals surface area contributed by atoms with Crippen LogP contribution in [0.25, 0.3) is 0 Å². The molecule has 0 aromatic heterocycles. The van der Waals surface area contributed by atoms with Crippen molar-refractivity contribution in [3.63, 3.8) is 0 Å². The van der Waals surface area contributed by atoms with Crippen LogP contribution in [0.15, 0.2) is 77.7 Å². The molecule has 0 fully saturated rings. The van der Waals surface area contributed by atoms with E-state index in [1.54, 1.807) is 18.2 Å². The molecule has 0 aliphatic carbocycles. The first-order valence-electron chi connectivity index (χ1n) is 12.3. The molecule has 2 amide bonds. The third-order valence-electron chi connectivity index (χ3n) is 6.24. The Morgan fingerprint density at radius 3 is 2.23 bits per heavy atom. The first-order valence-corrected chi connectivity index (χ1v) is 14.5. The van der Waals surface area contributed by atoms with E-state index >= 15 is 0 Å². The molecule has 0 unspecified atom stereocenters. The van der Waals surface area contributed by atoms with Gasteiger partial charge in [-0.05, 0) is 68.8 Å². The second kappa shape index (κ2) is 13.3. The Bertz CT molecular complexity index is 1420. The van der Waals surface area contributed by atoms with Gasteiger partial charge in [0.2, 0.25) is 11.8 Å². The quantitative estimate of drug-likeness (QED) is 0.311. The van der Waals surface area contributed by atoms with Crippen molar-refractivity contribution in [2.45, 2.75) is 50.7 Å². The summed E-state index contributed by atoms with van der Waals surface area (Å²) >= 11 is 12.1. The highest BCUT2D eigenvalue weighted by atomic mass is 35.5. The van der Waals surface area contributed by atoms with Crippen molar-refractivity contribution in [3.8, 4) is 0 Å². The van der Waals surface area contributed by atoms with Crippen LogP contribution in [-0.4, -0.2) is 43.8 Å². The van der Waals surface area contributed by atoms with Crippen LogP contribution in [-0.2, 0) is 26.2 Å². The molecule has 0 aliphatic rings. The summed E-state index contributed by atoms with van der Waals surface area (Å²) in [5, 5.41) is 3.44. The SMILES string of the molecule is CC[C@@H](C)NC(=O)[C@@H](C)N(Cc1ccccc1F)C(=O)CN(c1cccc(Cl)c1)S(=O)(=O)c1ccc(Cl)cc1. The molecule has 0 saturated heterocycles. The van der Waals surface area contributed by atoms with Crippen molar-refractivity contribution in [2.24, 2.45) is 0 Å². The lowest BCUT2D eigenvalue weighted by Gasteiger charge is -2.32. The number of anilines is 1. The molecule has 0 bridgehead atoms. The van der Waals surface area contributed by atoms with Crippen LogP contribution in [0.4, 0.5) is 10.1 Å². The lowest BCUT2D eigenvalue weighted by Crippen LogP contribution is -2.52. The fourth-order valence-corrected chi connectivity index (χ4v) is 5.47. The van der Waals surface area contributed by atoms with E-state index in [1.165, 1.54) is 66.4 Å². The number of nitrogens with one attached hydrogen (secondary N) is 1. The van der Waals surface area contributed by atoms with E-state index in [-0.39, 0.29) is 33.8 Å². The molecule has 0 radical (unpaired) electrons. The molecule has 3 aromatic rings. The van der Waals surface area contributed by atoms with Gasteiger partial charge in [-0.2, -0.15) is 0 Å². The molecule has 0 spiro atoms. The summed E-state index contributed by atoms with van der Waals surface area (Å²) in [6.07, 6.45) is 0.668. The number of sulfonamides is 1. The average Bonchev–Trinajstić information content (AvgIpc) is 2.90. The van der Waals surface area contributed by atoms with Crippen LogP contribution in [0.3, 0.4) is 0 Å². The van der Waals surface area contributed by atoms with Gasteiger partial charge in [0.25, 0.3) is 10.0 Å². The predicted octanol–water partition coefficient (Wildman–Crippen LogP) is 5.66. The van der Waals surface area contributed by atoms with Gasteiger partial charge in [-0.15, -0.1) is 0 Å². The molecule has 39 heavy (non-hydrogen) atoms. The lowest BCUT2D eigenvalue weighted by atomic mass is 10.1. The zero-order valence-electron chi connectivity index (χ0n) is 21.8. The van der Waals surface area contributed by atoms with Gasteiger partial charge in [0.05, 0.1) is 10.6 Å². The van der Waals surface area contributed by atoms with E-state index in [0.29, 0.717) is 11.4 Å². The molecule has 3 aromatic carbocycles. The van der Waals surface area contributed by atoms with Crippen LogP contribution >= 0.6 is 23.2 Å². The highest BCUT2D eigenvalue weighted by Gasteiger charge is 2.33. The van der Waals surface area contributed by atoms with Gasteiger partial charge in [-0.3, -0.25) is 13.9 Å². The number of carbonyl (C=O) groups excluding carboxylic acids is 2. The van der Waals surface area contributed by atoms with Crippen molar-refractivity contribution in [1.82, 2.24) is 10.2 Å². The molecule has 208 valence electrons. The van der Waals surface area contributed by atoms with Gasteiger partial charge in [0, 0.05) is 28.2 Å². The minimum atomic E-state index is -4.27. The predicted molar refractivity (Wildman–Crippen MR) is 152 cm³/mol. The Labute approximate surface area is 238 Å². The fraction of sp³-hybridized carbons (Fsp3) is 0.286.